The van der Waals surface area contributed by atoms with Crippen LogP contribution in [0.4, 0.5) is 0 Å². The molecule has 1 aromatic heterocycles. The van der Waals surface area contributed by atoms with E-state index in [4.69, 9.17) is 16.3 Å². The topological polar surface area (TPSA) is 26.3 Å². The van der Waals surface area contributed by atoms with E-state index in [1.807, 2.05) is 24.3 Å². The van der Waals surface area contributed by atoms with E-state index in [1.54, 1.807) is 11.3 Å². The van der Waals surface area contributed by atoms with Gasteiger partial charge in [0.1, 0.15) is 5.75 Å². The molecular weight excluding hydrogens is 444 g/mol. The van der Waals surface area contributed by atoms with E-state index in [0.717, 1.165) is 30.2 Å². The van der Waals surface area contributed by atoms with Gasteiger partial charge in [0.25, 0.3) is 0 Å². The van der Waals surface area contributed by atoms with Gasteiger partial charge in [0.15, 0.2) is 0 Å². The number of thiophene rings is 1. The van der Waals surface area contributed by atoms with Crippen molar-refractivity contribution in [1.82, 2.24) is 0 Å². The van der Waals surface area contributed by atoms with Gasteiger partial charge in [-0.2, -0.15) is 0 Å². The van der Waals surface area contributed by atoms with Gasteiger partial charge in [-0.05, 0) is 74.9 Å². The highest BCUT2D eigenvalue weighted by atomic mass is 79.9. The molecule has 4 aromatic rings. The van der Waals surface area contributed by atoms with E-state index in [9.17, 15) is 4.79 Å². The molecule has 0 aliphatic heterocycles. The number of carbonyl (C=O) groups excluding carboxylic acids is 1. The van der Waals surface area contributed by atoms with Crippen molar-refractivity contribution in [3.05, 3.63) is 62.4 Å². The van der Waals surface area contributed by atoms with Gasteiger partial charge in [-0.3, -0.25) is 4.79 Å². The van der Waals surface area contributed by atoms with Gasteiger partial charge in [0, 0.05) is 16.8 Å². The number of ether oxygens (including phenoxy) is 1. The third kappa shape index (κ3) is 3.06. The van der Waals surface area contributed by atoms with Gasteiger partial charge in [0.2, 0.25) is 0 Å². The Morgan fingerprint density at radius 2 is 1.78 bits per heavy atom. The number of hydrogen-bond donors (Lipinski definition) is 0. The smallest absolute Gasteiger partial charge is 0.308 e. The van der Waals surface area contributed by atoms with Crippen LogP contribution >= 0.6 is 38.9 Å². The SMILES string of the molecule is CC(=O)Oc1ccc(-c2c3c(C)cccc3c(Br)c3sc(Cl)c(C)c23)cc1. The van der Waals surface area contributed by atoms with Crippen LogP contribution in [0.1, 0.15) is 18.1 Å². The Hall–Kier alpha value is -1.88. The first-order valence-electron chi connectivity index (χ1n) is 8.46. The molecule has 136 valence electrons. The fraction of sp³-hybridized carbons (Fsp3) is 0.136. The lowest BCUT2D eigenvalue weighted by Gasteiger charge is -2.15. The molecule has 0 bridgehead atoms. The molecular formula is C22H16BrClO2S. The lowest BCUT2D eigenvalue weighted by Crippen LogP contribution is -2.00. The summed E-state index contributed by atoms with van der Waals surface area (Å²) in [5, 5.41) is 3.54. The zero-order valence-electron chi connectivity index (χ0n) is 15.0. The van der Waals surface area contributed by atoms with Gasteiger partial charge >= 0.3 is 5.97 Å². The maximum atomic E-state index is 11.2. The van der Waals surface area contributed by atoms with Crippen molar-refractivity contribution in [2.45, 2.75) is 20.8 Å². The normalized spacial score (nSPS) is 11.3. The molecule has 0 atom stereocenters. The molecule has 3 aromatic carbocycles. The fourth-order valence-corrected chi connectivity index (χ4v) is 5.60. The number of halogens is 2. The summed E-state index contributed by atoms with van der Waals surface area (Å²) < 4.78 is 8.22. The number of rotatable bonds is 2. The highest BCUT2D eigenvalue weighted by Crippen LogP contribution is 2.49. The second-order valence-electron chi connectivity index (χ2n) is 6.51. The first-order valence-corrected chi connectivity index (χ1v) is 10.5. The van der Waals surface area contributed by atoms with E-state index in [2.05, 4.69) is 48.0 Å². The average Bonchev–Trinajstić information content (AvgIpc) is 2.92. The van der Waals surface area contributed by atoms with Gasteiger partial charge in [-0.1, -0.05) is 41.9 Å². The molecule has 2 nitrogen and oxygen atoms in total. The van der Waals surface area contributed by atoms with Crippen LogP contribution in [0.25, 0.3) is 32.0 Å². The summed E-state index contributed by atoms with van der Waals surface area (Å²) in [5.74, 6) is 0.219. The number of esters is 1. The summed E-state index contributed by atoms with van der Waals surface area (Å²) in [6.07, 6.45) is 0. The molecule has 0 aliphatic rings. The lowest BCUT2D eigenvalue weighted by atomic mass is 9.91. The van der Waals surface area contributed by atoms with Gasteiger partial charge in [-0.15, -0.1) is 11.3 Å². The number of aryl methyl sites for hydroxylation is 2. The van der Waals surface area contributed by atoms with Crippen LogP contribution in [0.15, 0.2) is 46.9 Å². The van der Waals surface area contributed by atoms with Crippen molar-refractivity contribution in [1.29, 1.82) is 0 Å². The zero-order valence-corrected chi connectivity index (χ0v) is 18.2. The van der Waals surface area contributed by atoms with Crippen LogP contribution in [0.3, 0.4) is 0 Å². The highest BCUT2D eigenvalue weighted by molar-refractivity contribution is 9.11. The Balaban J connectivity index is 2.11. The third-order valence-electron chi connectivity index (χ3n) is 4.70. The van der Waals surface area contributed by atoms with Crippen molar-refractivity contribution < 1.29 is 9.53 Å². The Morgan fingerprint density at radius 3 is 2.44 bits per heavy atom. The molecule has 1 heterocycles. The van der Waals surface area contributed by atoms with Crippen LogP contribution in [-0.4, -0.2) is 5.97 Å². The molecule has 0 saturated carbocycles. The number of hydrogen-bond acceptors (Lipinski definition) is 3. The van der Waals surface area contributed by atoms with E-state index in [1.165, 1.54) is 28.6 Å². The predicted octanol–water partition coefficient (Wildman–Crippen LogP) is 7.68. The molecule has 0 spiro atoms. The summed E-state index contributed by atoms with van der Waals surface area (Å²) in [6, 6.07) is 14.0. The molecule has 27 heavy (non-hydrogen) atoms. The predicted molar refractivity (Wildman–Crippen MR) is 118 cm³/mol. The number of benzene rings is 3. The van der Waals surface area contributed by atoms with Crippen molar-refractivity contribution in [3.8, 4) is 16.9 Å². The van der Waals surface area contributed by atoms with E-state index in [0.29, 0.717) is 5.75 Å². The van der Waals surface area contributed by atoms with Crippen molar-refractivity contribution in [3.63, 3.8) is 0 Å². The second kappa shape index (κ2) is 6.93. The Bertz CT molecular complexity index is 1210. The van der Waals surface area contributed by atoms with Gasteiger partial charge < -0.3 is 4.74 Å². The van der Waals surface area contributed by atoms with Gasteiger partial charge in [-0.25, -0.2) is 0 Å². The summed E-state index contributed by atoms with van der Waals surface area (Å²) >= 11 is 11.9. The maximum absolute atomic E-state index is 11.2. The molecule has 0 N–H and O–H groups in total. The van der Waals surface area contributed by atoms with Crippen LogP contribution < -0.4 is 4.74 Å². The monoisotopic (exact) mass is 458 g/mol. The highest BCUT2D eigenvalue weighted by Gasteiger charge is 2.20. The summed E-state index contributed by atoms with van der Waals surface area (Å²) in [4.78, 5) is 11.2. The molecule has 5 heteroatoms. The van der Waals surface area contributed by atoms with Crippen molar-refractivity contribution in [2.75, 3.05) is 0 Å². The maximum Gasteiger partial charge on any atom is 0.308 e. The van der Waals surface area contributed by atoms with Crippen molar-refractivity contribution >= 4 is 65.7 Å². The van der Waals surface area contributed by atoms with Gasteiger partial charge in [0.05, 0.1) is 9.04 Å². The Labute approximate surface area is 174 Å². The summed E-state index contributed by atoms with van der Waals surface area (Å²) in [6.45, 7) is 5.59. The molecule has 0 amide bonds. The van der Waals surface area contributed by atoms with Crippen LogP contribution in [0.5, 0.6) is 5.75 Å². The van der Waals surface area contributed by atoms with E-state index in [-0.39, 0.29) is 5.97 Å². The molecule has 0 aliphatic carbocycles. The molecule has 4 rings (SSSR count). The second-order valence-corrected chi connectivity index (χ2v) is 8.93. The van der Waals surface area contributed by atoms with Crippen LogP contribution in [0, 0.1) is 13.8 Å². The Morgan fingerprint density at radius 1 is 1.07 bits per heavy atom. The van der Waals surface area contributed by atoms with E-state index < -0.39 is 0 Å². The molecule has 0 unspecified atom stereocenters. The lowest BCUT2D eigenvalue weighted by molar-refractivity contribution is -0.131. The fourth-order valence-electron chi connectivity index (χ4n) is 3.52. The summed E-state index contributed by atoms with van der Waals surface area (Å²) in [7, 11) is 0. The molecule has 0 radical (unpaired) electrons. The zero-order chi connectivity index (χ0) is 19.3. The third-order valence-corrected chi connectivity index (χ3v) is 7.40. The standard InChI is InChI=1S/C22H16BrClO2S/c1-11-5-4-6-16-17(11)19(14-7-9-15(10-8-14)26-13(3)25)18-12(2)22(24)27-21(18)20(16)23/h4-10H,1-3H3. The Kier molecular flexibility index (Phi) is 4.75. The average molecular weight is 460 g/mol. The number of fused-ring (bicyclic) bond motifs is 2. The minimum absolute atomic E-state index is 0.324. The minimum atomic E-state index is -0.324. The molecule has 0 fully saturated rings. The first kappa shape index (κ1) is 18.5. The first-order chi connectivity index (χ1) is 12.9. The van der Waals surface area contributed by atoms with Crippen molar-refractivity contribution in [2.24, 2.45) is 0 Å². The minimum Gasteiger partial charge on any atom is -0.427 e. The quantitative estimate of drug-likeness (QED) is 0.227. The van der Waals surface area contributed by atoms with Crippen LogP contribution in [-0.2, 0) is 4.79 Å². The molecule has 0 saturated heterocycles. The summed E-state index contributed by atoms with van der Waals surface area (Å²) in [5.41, 5.74) is 4.52. The van der Waals surface area contributed by atoms with Crippen LogP contribution in [0.2, 0.25) is 4.34 Å². The largest absolute Gasteiger partial charge is 0.427 e. The number of carbonyl (C=O) groups is 1. The van der Waals surface area contributed by atoms with E-state index >= 15 is 0 Å².